The van der Waals surface area contributed by atoms with Gasteiger partial charge in [-0.15, -0.1) is 0 Å². The fourth-order valence-corrected chi connectivity index (χ4v) is 8.96. The molecule has 17 heteroatoms. The van der Waals surface area contributed by atoms with Crippen LogP contribution < -0.4 is 0 Å². The van der Waals surface area contributed by atoms with Gasteiger partial charge in [0.15, 0.2) is 11.9 Å². The molecular weight excluding hydrogens is 836 g/mol. The number of methoxy groups -OCH3 is 2. The summed E-state index contributed by atoms with van der Waals surface area (Å²) in [7, 11) is 2.45. The Morgan fingerprint density at radius 1 is 0.906 bits per heavy atom. The van der Waals surface area contributed by atoms with Crippen LogP contribution in [0.25, 0.3) is 0 Å². The maximum atomic E-state index is 13.5. The third kappa shape index (κ3) is 13.5. The molecule has 3 saturated heterocycles. The molecule has 12 atom stereocenters. The van der Waals surface area contributed by atoms with Crippen LogP contribution in [0.4, 0.5) is 0 Å². The molecule has 0 unspecified atom stereocenters. The molecule has 4 N–H and O–H groups in total. The maximum Gasteiger partial charge on any atom is 0.331 e. The van der Waals surface area contributed by atoms with Gasteiger partial charge >= 0.3 is 29.8 Å². The van der Waals surface area contributed by atoms with Crippen molar-refractivity contribution in [1.82, 2.24) is 0 Å². The van der Waals surface area contributed by atoms with E-state index in [4.69, 9.17) is 37.9 Å². The first-order valence-corrected chi connectivity index (χ1v) is 22.2. The van der Waals surface area contributed by atoms with Gasteiger partial charge < -0.3 is 58.3 Å². The molecule has 0 aromatic rings. The second-order valence-electron chi connectivity index (χ2n) is 18.6. The van der Waals surface area contributed by atoms with E-state index < -0.39 is 120 Å². The number of cyclic esters (lactones) is 1. The number of rotatable bonds is 10. The third-order valence-electron chi connectivity index (χ3n) is 12.8. The molecule has 4 rings (SSSR count). The number of hydrogen-bond donors (Lipinski definition) is 4. The van der Waals surface area contributed by atoms with E-state index in [0.29, 0.717) is 5.57 Å². The molecule has 3 fully saturated rings. The molecule has 17 nitrogen and oxygen atoms in total. The Labute approximate surface area is 376 Å². The van der Waals surface area contributed by atoms with E-state index in [1.165, 1.54) is 46.3 Å². The predicted molar refractivity (Wildman–Crippen MR) is 228 cm³/mol. The first-order chi connectivity index (χ1) is 29.9. The maximum absolute atomic E-state index is 13.5. The molecule has 4 aliphatic rings. The van der Waals surface area contributed by atoms with Crippen LogP contribution in [0, 0.1) is 16.7 Å². The summed E-state index contributed by atoms with van der Waals surface area (Å²) in [6, 6.07) is 0. The van der Waals surface area contributed by atoms with E-state index in [1.807, 2.05) is 13.0 Å². The number of esters is 5. The van der Waals surface area contributed by atoms with E-state index in [1.54, 1.807) is 45.9 Å². The standard InChI is InChI=1S/C47H70O17/c1-10-11-12-13-14-15-39(51)62-43-31(22-41(53)58-9)21-34-25-37(28(2)48)61-42(54)24-32(50)23-35-26-38(59-29(3)49)45(6,7)46(55,63-35)27-36-19-30(20-40(52)57-8)18-33(60-36)16-17-44(4,5)47(43,56)64-34/h12-17,20,28,31-38,43,48,50,55-56H,10-11,18-19,21-27H2,1-9H3/t28-,31+,32-,33+,34+,35+,36+,37-,38+,43+,46+,47-/m1/s1. The molecule has 0 aliphatic carbocycles. The number of ether oxygens (including phenoxy) is 8. The lowest BCUT2D eigenvalue weighted by Gasteiger charge is -2.54. The van der Waals surface area contributed by atoms with Gasteiger partial charge in [0.1, 0.15) is 12.2 Å². The minimum Gasteiger partial charge on any atom is -0.469 e. The van der Waals surface area contributed by atoms with Gasteiger partial charge in [-0.2, -0.15) is 0 Å². The molecule has 0 radical (unpaired) electrons. The van der Waals surface area contributed by atoms with Gasteiger partial charge in [0, 0.05) is 56.1 Å². The number of aliphatic hydroxyl groups is 4. The molecule has 6 bridgehead atoms. The smallest absolute Gasteiger partial charge is 0.331 e. The second-order valence-corrected chi connectivity index (χ2v) is 18.6. The van der Waals surface area contributed by atoms with Crippen LogP contribution in [-0.2, 0) is 61.9 Å². The zero-order valence-electron chi connectivity index (χ0n) is 38.7. The first kappa shape index (κ1) is 52.7. The third-order valence-corrected chi connectivity index (χ3v) is 12.8. The number of hydrogen-bond acceptors (Lipinski definition) is 17. The fourth-order valence-electron chi connectivity index (χ4n) is 8.96. The topological polar surface area (TPSA) is 240 Å². The monoisotopic (exact) mass is 906 g/mol. The lowest BCUT2D eigenvalue weighted by Crippen LogP contribution is -2.64. The molecule has 4 aliphatic heterocycles. The van der Waals surface area contributed by atoms with Gasteiger partial charge in [-0.05, 0) is 32.6 Å². The predicted octanol–water partition coefficient (Wildman–Crippen LogP) is 4.36. The number of allylic oxidation sites excluding steroid dienone is 3. The zero-order valence-corrected chi connectivity index (χ0v) is 38.7. The normalized spacial score (nSPS) is 35.8. The van der Waals surface area contributed by atoms with Gasteiger partial charge in [0.25, 0.3) is 0 Å². The van der Waals surface area contributed by atoms with Gasteiger partial charge in [-0.25, -0.2) is 9.59 Å². The molecule has 0 aromatic heterocycles. The van der Waals surface area contributed by atoms with E-state index in [0.717, 1.165) is 12.8 Å². The molecule has 64 heavy (non-hydrogen) atoms. The Hall–Kier alpha value is -3.97. The minimum atomic E-state index is -2.40. The van der Waals surface area contributed by atoms with Crippen LogP contribution in [0.5, 0.6) is 0 Å². The highest BCUT2D eigenvalue weighted by Gasteiger charge is 2.60. The average Bonchev–Trinajstić information content (AvgIpc) is 3.19. The summed E-state index contributed by atoms with van der Waals surface area (Å²) in [6.45, 7) is 11.3. The van der Waals surface area contributed by atoms with Gasteiger partial charge in [0.05, 0.1) is 69.1 Å². The minimum absolute atomic E-state index is 0.00442. The molecule has 4 heterocycles. The van der Waals surface area contributed by atoms with E-state index in [-0.39, 0.29) is 51.4 Å². The Bertz CT molecular complexity index is 1760. The summed E-state index contributed by atoms with van der Waals surface area (Å²) in [5, 5.41) is 47.6. The van der Waals surface area contributed by atoms with Crippen molar-refractivity contribution >= 4 is 29.8 Å². The molecule has 0 spiro atoms. The van der Waals surface area contributed by atoms with Crippen molar-refractivity contribution < 1.29 is 82.3 Å². The Morgan fingerprint density at radius 2 is 1.61 bits per heavy atom. The number of fused-ring (bicyclic) bond motifs is 6. The summed E-state index contributed by atoms with van der Waals surface area (Å²) in [4.78, 5) is 64.8. The van der Waals surface area contributed by atoms with Crippen molar-refractivity contribution in [3.63, 3.8) is 0 Å². The summed E-state index contributed by atoms with van der Waals surface area (Å²) < 4.78 is 46.9. The van der Waals surface area contributed by atoms with Crippen molar-refractivity contribution in [3.8, 4) is 0 Å². The molecule has 360 valence electrons. The largest absolute Gasteiger partial charge is 0.469 e. The van der Waals surface area contributed by atoms with Crippen LogP contribution in [0.2, 0.25) is 0 Å². The van der Waals surface area contributed by atoms with Gasteiger partial charge in [-0.1, -0.05) is 77.0 Å². The summed E-state index contributed by atoms with van der Waals surface area (Å²) in [5.41, 5.74) is -2.11. The van der Waals surface area contributed by atoms with Crippen molar-refractivity contribution in [2.24, 2.45) is 16.7 Å². The van der Waals surface area contributed by atoms with Crippen molar-refractivity contribution in [3.05, 3.63) is 48.1 Å². The summed E-state index contributed by atoms with van der Waals surface area (Å²) in [5.74, 6) is -8.92. The van der Waals surface area contributed by atoms with Crippen LogP contribution >= 0.6 is 0 Å². The van der Waals surface area contributed by atoms with Crippen molar-refractivity contribution in [2.45, 2.75) is 186 Å². The highest BCUT2D eigenvalue weighted by Crippen LogP contribution is 2.50. The van der Waals surface area contributed by atoms with Gasteiger partial charge in [0.2, 0.25) is 5.79 Å². The van der Waals surface area contributed by atoms with E-state index in [9.17, 15) is 44.4 Å². The van der Waals surface area contributed by atoms with Crippen LogP contribution in [0.15, 0.2) is 48.1 Å². The van der Waals surface area contributed by atoms with Crippen molar-refractivity contribution in [1.29, 1.82) is 0 Å². The SMILES string of the molecule is CCCC=CC=CC(=O)O[C@H]1[C@H](CC(=O)OC)C[C@H]2C[C@H]([C@@H](C)O)OC(=O)C[C@H](O)C[C@H]3C[C@H](OC(C)=O)C(C)(C)[C@](O)(C[C@@H]4CC(=CC(=O)OC)C[C@H](C=CC(C)(C)[C@]1(O)O2)O4)O3. The molecule has 0 saturated carbocycles. The Kier molecular flexibility index (Phi) is 18.5. The van der Waals surface area contributed by atoms with E-state index in [2.05, 4.69) is 0 Å². The number of carbonyl (C=O) groups is 5. The first-order valence-electron chi connectivity index (χ1n) is 22.2. The number of unbranched alkanes of at least 4 members (excludes halogenated alkanes) is 1. The quantitative estimate of drug-likeness (QED) is 0.0783. The van der Waals surface area contributed by atoms with E-state index >= 15 is 0 Å². The summed E-state index contributed by atoms with van der Waals surface area (Å²) in [6.07, 6.45) is 1.82. The lowest BCUT2D eigenvalue weighted by atomic mass is 9.70. The van der Waals surface area contributed by atoms with Crippen LogP contribution in [-0.4, -0.2) is 131 Å². The number of carbonyl (C=O) groups excluding carboxylic acids is 5. The molecule has 0 aromatic carbocycles. The fraction of sp³-hybridized carbons (Fsp3) is 0.723. The van der Waals surface area contributed by atoms with Crippen LogP contribution in [0.3, 0.4) is 0 Å². The van der Waals surface area contributed by atoms with Crippen LogP contribution in [0.1, 0.15) is 119 Å². The Morgan fingerprint density at radius 3 is 2.25 bits per heavy atom. The molecular formula is C47H70O17. The zero-order chi connectivity index (χ0) is 47.6. The summed E-state index contributed by atoms with van der Waals surface area (Å²) >= 11 is 0. The average molecular weight is 907 g/mol. The Balaban J connectivity index is 1.87. The highest BCUT2D eigenvalue weighted by atomic mass is 16.7. The second kappa shape index (κ2) is 22.5. The molecule has 0 amide bonds. The lowest BCUT2D eigenvalue weighted by molar-refractivity contribution is -0.352. The van der Waals surface area contributed by atoms with Crippen molar-refractivity contribution in [2.75, 3.05) is 14.2 Å². The highest BCUT2D eigenvalue weighted by molar-refractivity contribution is 5.83. The number of aliphatic hydroxyl groups excluding tert-OH is 2. The van der Waals surface area contributed by atoms with Gasteiger partial charge in [-0.3, -0.25) is 14.4 Å².